The first-order valence-corrected chi connectivity index (χ1v) is 6.99. The van der Waals surface area contributed by atoms with Crippen LogP contribution in [0, 0.1) is 0 Å². The maximum atomic E-state index is 11.3. The maximum absolute atomic E-state index is 11.3. The smallest absolute Gasteiger partial charge is 0.452 e. The fraction of sp³-hybridized carbons (Fsp3) is 0.308. The molecule has 0 spiro atoms. The summed E-state index contributed by atoms with van der Waals surface area (Å²) in [5, 5.41) is 17.7. The van der Waals surface area contributed by atoms with Crippen molar-refractivity contribution in [3.63, 3.8) is 0 Å². The molecule has 1 amide bonds. The Morgan fingerprint density at radius 1 is 1.50 bits per heavy atom. The van der Waals surface area contributed by atoms with Crippen LogP contribution in [0.4, 0.5) is 10.5 Å². The Bertz CT molecular complexity index is 652. The van der Waals surface area contributed by atoms with E-state index in [1.54, 1.807) is 12.1 Å². The number of hydrogen-bond donors (Lipinski definition) is 2. The fourth-order valence-corrected chi connectivity index (χ4v) is 2.02. The van der Waals surface area contributed by atoms with Crippen molar-refractivity contribution >= 4 is 38.6 Å². The monoisotopic (exact) mass is 339 g/mol. The van der Waals surface area contributed by atoms with Crippen LogP contribution in [0.3, 0.4) is 0 Å². The van der Waals surface area contributed by atoms with E-state index in [2.05, 4.69) is 31.1 Å². The van der Waals surface area contributed by atoms with Gasteiger partial charge in [0.1, 0.15) is 0 Å². The molecule has 0 fully saturated rings. The molecule has 0 radical (unpaired) electrons. The molecule has 7 heteroatoms. The van der Waals surface area contributed by atoms with Gasteiger partial charge in [-0.05, 0) is 24.6 Å². The van der Waals surface area contributed by atoms with Gasteiger partial charge in [0.2, 0.25) is 5.88 Å². The highest BCUT2D eigenvalue weighted by Gasteiger charge is 2.11. The number of benzene rings is 1. The molecule has 0 unspecified atom stereocenters. The van der Waals surface area contributed by atoms with E-state index in [0.29, 0.717) is 17.5 Å². The lowest BCUT2D eigenvalue weighted by molar-refractivity contribution is 0.154. The van der Waals surface area contributed by atoms with Crippen molar-refractivity contribution in [1.29, 1.82) is 0 Å². The number of unbranched alkanes of at least 4 members (excludes halogenated alkanes) is 1. The largest absolute Gasteiger partial charge is 0.493 e. The second kappa shape index (κ2) is 6.51. The molecule has 2 N–H and O–H groups in total. The number of nitrogens with zero attached hydrogens (tertiary/aromatic N) is 2. The number of carbonyl (C=O) groups is 1. The minimum Gasteiger partial charge on any atom is -0.493 e. The first-order valence-electron chi connectivity index (χ1n) is 6.20. The first kappa shape index (κ1) is 14.5. The Morgan fingerprint density at radius 2 is 2.30 bits per heavy atom. The average molecular weight is 340 g/mol. The van der Waals surface area contributed by atoms with Crippen LogP contribution in [0.25, 0.3) is 10.9 Å². The summed E-state index contributed by atoms with van der Waals surface area (Å²) in [5.74, 6) is -0.136. The number of aromatic hydroxyl groups is 1. The summed E-state index contributed by atoms with van der Waals surface area (Å²) in [4.78, 5) is 14.1. The molecule has 1 aromatic carbocycles. The van der Waals surface area contributed by atoms with Crippen LogP contribution in [0.5, 0.6) is 5.88 Å². The van der Waals surface area contributed by atoms with Crippen molar-refractivity contribution in [3.8, 4) is 5.88 Å². The van der Waals surface area contributed by atoms with Gasteiger partial charge in [0.05, 0.1) is 12.1 Å². The van der Waals surface area contributed by atoms with Crippen molar-refractivity contribution in [2.75, 3.05) is 6.61 Å². The highest BCUT2D eigenvalue weighted by atomic mass is 79.9. The van der Waals surface area contributed by atoms with Gasteiger partial charge in [0.25, 0.3) is 0 Å². The number of ether oxygens (including phenoxy) is 1. The van der Waals surface area contributed by atoms with E-state index in [0.717, 1.165) is 17.3 Å². The topological polar surface area (TPSA) is 87.0 Å². The highest BCUT2D eigenvalue weighted by Crippen LogP contribution is 2.36. The second-order valence-corrected chi connectivity index (χ2v) is 5.10. The van der Waals surface area contributed by atoms with E-state index in [9.17, 15) is 9.90 Å². The quantitative estimate of drug-likeness (QED) is 0.627. The molecule has 20 heavy (non-hydrogen) atoms. The summed E-state index contributed by atoms with van der Waals surface area (Å²) in [7, 11) is 0. The fourth-order valence-electron chi connectivity index (χ4n) is 1.66. The number of azo groups is 1. The number of halogens is 1. The van der Waals surface area contributed by atoms with Gasteiger partial charge < -0.3 is 14.8 Å². The van der Waals surface area contributed by atoms with Gasteiger partial charge in [0, 0.05) is 9.86 Å². The summed E-state index contributed by atoms with van der Waals surface area (Å²) in [5.41, 5.74) is 0.924. The number of carbonyl (C=O) groups excluding carboxylic acids is 1. The van der Waals surface area contributed by atoms with E-state index in [1.807, 2.05) is 13.0 Å². The van der Waals surface area contributed by atoms with Crippen molar-refractivity contribution in [1.82, 2.24) is 4.98 Å². The summed E-state index contributed by atoms with van der Waals surface area (Å²) in [6.45, 7) is 2.32. The molecule has 0 aliphatic carbocycles. The lowest BCUT2D eigenvalue weighted by Crippen LogP contribution is -1.99. The third-order valence-corrected chi connectivity index (χ3v) is 3.16. The Hall–Kier alpha value is -1.89. The number of H-pyrrole nitrogens is 1. The molecule has 0 saturated heterocycles. The normalized spacial score (nSPS) is 11.3. The van der Waals surface area contributed by atoms with Gasteiger partial charge in [-0.3, -0.25) is 0 Å². The molecule has 0 bridgehead atoms. The van der Waals surface area contributed by atoms with E-state index in [4.69, 9.17) is 4.74 Å². The number of rotatable bonds is 4. The molecule has 1 aromatic heterocycles. The Balaban J connectivity index is 2.18. The van der Waals surface area contributed by atoms with Crippen LogP contribution in [-0.4, -0.2) is 22.8 Å². The van der Waals surface area contributed by atoms with E-state index in [1.165, 1.54) is 0 Å². The standard InChI is InChI=1S/C13H14BrN3O3/c1-2-3-6-20-13(19)17-16-11-9-7-8(14)4-5-10(9)15-12(11)18/h4-5,7,15,18H,2-3,6H2,1H3. The third kappa shape index (κ3) is 3.36. The molecule has 0 aliphatic heterocycles. The predicted molar refractivity (Wildman–Crippen MR) is 78.4 cm³/mol. The maximum Gasteiger partial charge on any atom is 0.452 e. The molecule has 6 nitrogen and oxygen atoms in total. The molecule has 2 rings (SSSR count). The summed E-state index contributed by atoms with van der Waals surface area (Å²) < 4.78 is 5.69. The molecule has 1 heterocycles. The Morgan fingerprint density at radius 3 is 3.05 bits per heavy atom. The van der Waals surface area contributed by atoms with Crippen molar-refractivity contribution in [2.24, 2.45) is 10.2 Å². The van der Waals surface area contributed by atoms with Crippen LogP contribution >= 0.6 is 15.9 Å². The van der Waals surface area contributed by atoms with Crippen molar-refractivity contribution in [2.45, 2.75) is 19.8 Å². The third-order valence-electron chi connectivity index (χ3n) is 2.67. The molecule has 0 aliphatic rings. The minimum absolute atomic E-state index is 0.136. The van der Waals surface area contributed by atoms with Gasteiger partial charge in [-0.2, -0.15) is 0 Å². The zero-order valence-electron chi connectivity index (χ0n) is 10.9. The number of aromatic amines is 1. The zero-order chi connectivity index (χ0) is 14.5. The zero-order valence-corrected chi connectivity index (χ0v) is 12.5. The Kier molecular flexibility index (Phi) is 4.73. The highest BCUT2D eigenvalue weighted by molar-refractivity contribution is 9.10. The molecule has 2 aromatic rings. The van der Waals surface area contributed by atoms with E-state index >= 15 is 0 Å². The molecule has 0 saturated carbocycles. The molecular weight excluding hydrogens is 326 g/mol. The van der Waals surface area contributed by atoms with Gasteiger partial charge >= 0.3 is 6.09 Å². The molecular formula is C13H14BrN3O3. The minimum atomic E-state index is -0.762. The van der Waals surface area contributed by atoms with Gasteiger partial charge in [-0.15, -0.1) is 5.11 Å². The SMILES string of the molecule is CCCCOC(=O)N=Nc1c(O)[nH]c2ccc(Br)cc12. The average Bonchev–Trinajstić information content (AvgIpc) is 2.72. The van der Waals surface area contributed by atoms with Crippen molar-refractivity contribution in [3.05, 3.63) is 22.7 Å². The number of nitrogens with one attached hydrogen (secondary N) is 1. The Labute approximate surface area is 124 Å². The van der Waals surface area contributed by atoms with Gasteiger partial charge in [-0.25, -0.2) is 4.79 Å². The number of hydrogen-bond acceptors (Lipinski definition) is 4. The lowest BCUT2D eigenvalue weighted by atomic mass is 10.2. The van der Waals surface area contributed by atoms with Crippen LogP contribution in [0.2, 0.25) is 0 Å². The summed E-state index contributed by atoms with van der Waals surface area (Å²) in [6, 6.07) is 5.40. The molecule has 0 atom stereocenters. The number of amides is 1. The first-order chi connectivity index (χ1) is 9.61. The van der Waals surface area contributed by atoms with Crippen LogP contribution in [0.1, 0.15) is 19.8 Å². The van der Waals surface area contributed by atoms with Crippen LogP contribution in [0.15, 0.2) is 32.9 Å². The molecule has 106 valence electrons. The predicted octanol–water partition coefficient (Wildman–Crippen LogP) is 4.66. The van der Waals surface area contributed by atoms with Crippen LogP contribution < -0.4 is 0 Å². The number of aromatic nitrogens is 1. The van der Waals surface area contributed by atoms with Gasteiger partial charge in [0.15, 0.2) is 5.69 Å². The second-order valence-electron chi connectivity index (χ2n) is 4.18. The summed E-state index contributed by atoms with van der Waals surface area (Å²) >= 11 is 3.34. The van der Waals surface area contributed by atoms with E-state index < -0.39 is 6.09 Å². The van der Waals surface area contributed by atoms with Gasteiger partial charge in [-0.1, -0.05) is 34.4 Å². The number of fused-ring (bicyclic) bond motifs is 1. The van der Waals surface area contributed by atoms with Crippen molar-refractivity contribution < 1.29 is 14.6 Å². The van der Waals surface area contributed by atoms with E-state index in [-0.39, 0.29) is 11.6 Å². The summed E-state index contributed by atoms with van der Waals surface area (Å²) in [6.07, 6.45) is 0.955. The van der Waals surface area contributed by atoms with Crippen LogP contribution in [-0.2, 0) is 4.74 Å². The lowest BCUT2D eigenvalue weighted by Gasteiger charge is -1.97.